The van der Waals surface area contributed by atoms with E-state index in [0.29, 0.717) is 16.3 Å². The van der Waals surface area contributed by atoms with Crippen LogP contribution < -0.4 is 0 Å². The zero-order valence-electron chi connectivity index (χ0n) is 10.6. The lowest BCUT2D eigenvalue weighted by molar-refractivity contribution is 0.688. The highest BCUT2D eigenvalue weighted by atomic mass is 35.5. The van der Waals surface area contributed by atoms with Crippen LogP contribution in [0.1, 0.15) is 16.7 Å². The fraction of sp³-hybridized carbons (Fsp3) is 0.0625. The van der Waals surface area contributed by atoms with E-state index in [2.05, 4.69) is 6.07 Å². The normalized spacial score (nSPS) is 12.2. The summed E-state index contributed by atoms with van der Waals surface area (Å²) in [5, 5.41) is 11.1. The van der Waals surface area contributed by atoms with Crippen molar-refractivity contribution in [3.8, 4) is 6.07 Å². The van der Waals surface area contributed by atoms with Crippen molar-refractivity contribution in [2.24, 2.45) is 0 Å². The molecule has 4 heteroatoms. The summed E-state index contributed by atoms with van der Waals surface area (Å²) in [6.45, 7) is 0. The van der Waals surface area contributed by atoms with E-state index in [-0.39, 0.29) is 0 Å². The molecule has 0 N–H and O–H groups in total. The summed E-state index contributed by atoms with van der Waals surface area (Å²) in [5.41, 5.74) is 2.52. The lowest BCUT2D eigenvalue weighted by atomic mass is 10.2. The van der Waals surface area contributed by atoms with Crippen LogP contribution in [0.4, 0.5) is 0 Å². The van der Waals surface area contributed by atoms with Gasteiger partial charge in [0, 0.05) is 10.4 Å². The molecule has 0 saturated carbocycles. The third-order valence-electron chi connectivity index (χ3n) is 2.67. The fourth-order valence-corrected chi connectivity index (χ4v) is 2.67. The van der Waals surface area contributed by atoms with Gasteiger partial charge in [0.1, 0.15) is 0 Å². The van der Waals surface area contributed by atoms with Crippen molar-refractivity contribution in [3.63, 3.8) is 0 Å². The van der Waals surface area contributed by atoms with E-state index >= 15 is 0 Å². The Kier molecular flexibility index (Phi) is 5.11. The molecule has 0 bridgehead atoms. The standard InChI is InChI=1S/C16H12ClNOS/c17-16-7-5-13(6-8-16)9-10-20(19)12-15-3-1-14(11-18)2-4-15/h1-10H,12H2/b10-9+. The molecule has 0 amide bonds. The maximum Gasteiger partial charge on any atom is 0.0991 e. The van der Waals surface area contributed by atoms with E-state index in [9.17, 15) is 4.21 Å². The minimum Gasteiger partial charge on any atom is -0.255 e. The van der Waals surface area contributed by atoms with Gasteiger partial charge >= 0.3 is 0 Å². The highest BCUT2D eigenvalue weighted by Crippen LogP contribution is 2.12. The minimum absolute atomic E-state index is 0.440. The van der Waals surface area contributed by atoms with Gasteiger partial charge in [-0.15, -0.1) is 0 Å². The van der Waals surface area contributed by atoms with Crippen LogP contribution in [0.5, 0.6) is 0 Å². The molecule has 2 rings (SSSR count). The second-order valence-electron chi connectivity index (χ2n) is 4.19. The first-order valence-electron chi connectivity index (χ1n) is 5.97. The first kappa shape index (κ1) is 14.5. The maximum atomic E-state index is 11.9. The predicted octanol–water partition coefficient (Wildman–Crippen LogP) is 4.13. The summed E-state index contributed by atoms with van der Waals surface area (Å²) in [5.74, 6) is 0.440. The Labute approximate surface area is 125 Å². The van der Waals surface area contributed by atoms with Crippen LogP contribution in [0.25, 0.3) is 6.08 Å². The molecule has 2 aromatic carbocycles. The van der Waals surface area contributed by atoms with Crippen molar-refractivity contribution in [1.82, 2.24) is 0 Å². The van der Waals surface area contributed by atoms with Crippen LogP contribution >= 0.6 is 11.6 Å². The predicted molar refractivity (Wildman–Crippen MR) is 83.5 cm³/mol. The molecular formula is C16H12ClNOS. The van der Waals surface area contributed by atoms with Gasteiger partial charge in [-0.3, -0.25) is 4.21 Å². The Morgan fingerprint density at radius 3 is 2.35 bits per heavy atom. The summed E-state index contributed by atoms with van der Waals surface area (Å²) < 4.78 is 11.9. The highest BCUT2D eigenvalue weighted by molar-refractivity contribution is 7.87. The number of nitrogens with zero attached hydrogens (tertiary/aromatic N) is 1. The van der Waals surface area contributed by atoms with E-state index in [1.807, 2.05) is 30.3 Å². The van der Waals surface area contributed by atoms with Crippen LogP contribution in [0.3, 0.4) is 0 Å². The number of benzene rings is 2. The molecule has 0 aromatic heterocycles. The number of rotatable bonds is 4. The summed E-state index contributed by atoms with van der Waals surface area (Å²) in [4.78, 5) is 0. The van der Waals surface area contributed by atoms with Gasteiger partial charge in [-0.25, -0.2) is 0 Å². The Hall–Kier alpha value is -1.89. The quantitative estimate of drug-likeness (QED) is 0.852. The topological polar surface area (TPSA) is 40.9 Å². The third kappa shape index (κ3) is 4.34. The van der Waals surface area contributed by atoms with Crippen LogP contribution in [-0.2, 0) is 16.6 Å². The first-order chi connectivity index (χ1) is 9.67. The zero-order chi connectivity index (χ0) is 14.4. The summed E-state index contributed by atoms with van der Waals surface area (Å²) in [6, 6.07) is 16.5. The zero-order valence-corrected chi connectivity index (χ0v) is 12.2. The fourth-order valence-electron chi connectivity index (χ4n) is 1.62. The second-order valence-corrected chi connectivity index (χ2v) is 5.95. The molecule has 0 heterocycles. The van der Waals surface area contributed by atoms with Crippen LogP contribution in [0.2, 0.25) is 5.02 Å². The van der Waals surface area contributed by atoms with Gasteiger partial charge in [0.05, 0.1) is 28.2 Å². The summed E-state index contributed by atoms with van der Waals surface area (Å²) in [6.07, 6.45) is 1.82. The van der Waals surface area contributed by atoms with Crippen molar-refractivity contribution >= 4 is 28.5 Å². The molecular weight excluding hydrogens is 290 g/mol. The van der Waals surface area contributed by atoms with Crippen molar-refractivity contribution in [3.05, 3.63) is 75.7 Å². The van der Waals surface area contributed by atoms with Gasteiger partial charge in [0.2, 0.25) is 0 Å². The highest BCUT2D eigenvalue weighted by Gasteiger charge is 1.99. The molecule has 1 atom stereocenters. The Bertz CT molecular complexity index is 669. The van der Waals surface area contributed by atoms with Gasteiger partial charge in [-0.1, -0.05) is 35.9 Å². The van der Waals surface area contributed by atoms with Gasteiger partial charge in [0.15, 0.2) is 0 Å². The van der Waals surface area contributed by atoms with E-state index < -0.39 is 10.8 Å². The number of hydrogen-bond donors (Lipinski definition) is 0. The average molecular weight is 302 g/mol. The molecule has 20 heavy (non-hydrogen) atoms. The van der Waals surface area contributed by atoms with Crippen molar-refractivity contribution in [2.45, 2.75) is 5.75 Å². The molecule has 0 aliphatic rings. The Balaban J connectivity index is 1.98. The van der Waals surface area contributed by atoms with Crippen molar-refractivity contribution in [1.29, 1.82) is 5.26 Å². The molecule has 0 radical (unpaired) electrons. The van der Waals surface area contributed by atoms with Crippen molar-refractivity contribution < 1.29 is 4.21 Å². The number of halogens is 1. The van der Waals surface area contributed by atoms with E-state index in [4.69, 9.17) is 16.9 Å². The maximum absolute atomic E-state index is 11.9. The molecule has 0 saturated heterocycles. The molecule has 0 spiro atoms. The first-order valence-corrected chi connectivity index (χ1v) is 7.73. The number of hydrogen-bond acceptors (Lipinski definition) is 2. The molecule has 0 aliphatic carbocycles. The minimum atomic E-state index is -1.08. The van der Waals surface area contributed by atoms with Crippen LogP contribution in [-0.4, -0.2) is 4.21 Å². The Morgan fingerprint density at radius 2 is 1.75 bits per heavy atom. The van der Waals surface area contributed by atoms with Gasteiger partial charge in [-0.2, -0.15) is 5.26 Å². The van der Waals surface area contributed by atoms with Gasteiger partial charge in [0.25, 0.3) is 0 Å². The van der Waals surface area contributed by atoms with Crippen LogP contribution in [0, 0.1) is 11.3 Å². The number of nitriles is 1. The third-order valence-corrected chi connectivity index (χ3v) is 3.98. The second kappa shape index (κ2) is 7.04. The lowest BCUT2D eigenvalue weighted by Crippen LogP contribution is -1.91. The molecule has 2 nitrogen and oxygen atoms in total. The largest absolute Gasteiger partial charge is 0.255 e. The van der Waals surface area contributed by atoms with Gasteiger partial charge in [-0.05, 0) is 41.5 Å². The van der Waals surface area contributed by atoms with E-state index in [0.717, 1.165) is 11.1 Å². The molecule has 1 unspecified atom stereocenters. The van der Waals surface area contributed by atoms with Gasteiger partial charge < -0.3 is 0 Å². The molecule has 0 fully saturated rings. The summed E-state index contributed by atoms with van der Waals surface area (Å²) >= 11 is 5.80. The Morgan fingerprint density at radius 1 is 1.10 bits per heavy atom. The molecule has 100 valence electrons. The SMILES string of the molecule is N#Cc1ccc(CS(=O)/C=C/c2ccc(Cl)cc2)cc1. The summed E-state index contributed by atoms with van der Waals surface area (Å²) in [7, 11) is -1.08. The molecule has 0 aliphatic heterocycles. The molecule has 2 aromatic rings. The van der Waals surface area contributed by atoms with E-state index in [1.54, 1.807) is 29.7 Å². The smallest absolute Gasteiger partial charge is 0.0991 e. The van der Waals surface area contributed by atoms with Crippen molar-refractivity contribution in [2.75, 3.05) is 0 Å². The van der Waals surface area contributed by atoms with Crippen LogP contribution in [0.15, 0.2) is 53.9 Å². The average Bonchev–Trinajstić information content (AvgIpc) is 2.47. The van der Waals surface area contributed by atoms with E-state index in [1.165, 1.54) is 0 Å². The lowest BCUT2D eigenvalue weighted by Gasteiger charge is -1.99. The monoisotopic (exact) mass is 301 g/mol.